The monoisotopic (exact) mass is 210 g/mol. The first kappa shape index (κ1) is 10.8. The Balaban J connectivity index is 3.27. The van der Waals surface area contributed by atoms with Gasteiger partial charge in [-0.05, 0) is 23.8 Å². The molecule has 0 bridgehead atoms. The molecule has 0 N–H and O–H groups in total. The number of halogens is 2. The molecule has 0 fully saturated rings. The van der Waals surface area contributed by atoms with Crippen molar-refractivity contribution in [3.05, 3.63) is 45.5 Å². The van der Waals surface area contributed by atoms with E-state index in [-0.39, 0.29) is 5.56 Å². The first-order valence-electron chi connectivity index (χ1n) is 3.76. The number of nitriles is 1. The van der Waals surface area contributed by atoms with E-state index in [1.807, 2.05) is 0 Å². The van der Waals surface area contributed by atoms with Gasteiger partial charge in [-0.3, -0.25) is 10.1 Å². The lowest BCUT2D eigenvalue weighted by molar-refractivity contribution is -0.390. The first-order chi connectivity index (χ1) is 7.06. The van der Waals surface area contributed by atoms with Crippen molar-refractivity contribution in [2.75, 3.05) is 0 Å². The van der Waals surface area contributed by atoms with Crippen LogP contribution in [0.5, 0.6) is 0 Å². The van der Waals surface area contributed by atoms with E-state index in [4.69, 9.17) is 5.26 Å². The van der Waals surface area contributed by atoms with Crippen molar-refractivity contribution < 1.29 is 13.7 Å². The van der Waals surface area contributed by atoms with Gasteiger partial charge in [0, 0.05) is 6.08 Å². The van der Waals surface area contributed by atoms with Crippen LogP contribution in [0.2, 0.25) is 0 Å². The fourth-order valence-electron chi connectivity index (χ4n) is 0.989. The van der Waals surface area contributed by atoms with Crippen LogP contribution in [-0.4, -0.2) is 4.92 Å². The van der Waals surface area contributed by atoms with Crippen LogP contribution >= 0.6 is 0 Å². The molecule has 0 aliphatic carbocycles. The van der Waals surface area contributed by atoms with Crippen LogP contribution < -0.4 is 0 Å². The number of nitro benzene ring substituents is 1. The van der Waals surface area contributed by atoms with Crippen LogP contribution in [0.25, 0.3) is 6.08 Å². The summed E-state index contributed by atoms with van der Waals surface area (Å²) >= 11 is 0. The molecule has 4 nitrogen and oxygen atoms in total. The highest BCUT2D eigenvalue weighted by atomic mass is 19.1. The predicted molar refractivity (Wildman–Crippen MR) is 47.7 cm³/mol. The lowest BCUT2D eigenvalue weighted by Gasteiger charge is -1.97. The molecule has 76 valence electrons. The van der Waals surface area contributed by atoms with Gasteiger partial charge in [0.15, 0.2) is 0 Å². The molecule has 0 unspecified atom stereocenters. The van der Waals surface area contributed by atoms with Gasteiger partial charge in [0.05, 0.1) is 11.0 Å². The van der Waals surface area contributed by atoms with Gasteiger partial charge in [0.2, 0.25) is 11.6 Å². The van der Waals surface area contributed by atoms with Crippen molar-refractivity contribution in [3.8, 4) is 6.07 Å². The zero-order valence-corrected chi connectivity index (χ0v) is 7.28. The van der Waals surface area contributed by atoms with Crippen LogP contribution in [0.3, 0.4) is 0 Å². The van der Waals surface area contributed by atoms with Crippen molar-refractivity contribution >= 4 is 11.8 Å². The van der Waals surface area contributed by atoms with Gasteiger partial charge in [-0.25, -0.2) is 0 Å². The van der Waals surface area contributed by atoms with Gasteiger partial charge in [0.25, 0.3) is 0 Å². The molecule has 0 saturated carbocycles. The zero-order chi connectivity index (χ0) is 11.4. The van der Waals surface area contributed by atoms with Gasteiger partial charge in [-0.15, -0.1) is 0 Å². The minimum Gasteiger partial charge on any atom is -0.258 e. The van der Waals surface area contributed by atoms with Crippen LogP contribution in [0, 0.1) is 33.1 Å². The van der Waals surface area contributed by atoms with Crippen molar-refractivity contribution in [1.82, 2.24) is 0 Å². The van der Waals surface area contributed by atoms with E-state index in [2.05, 4.69) is 0 Å². The topological polar surface area (TPSA) is 66.9 Å². The number of benzene rings is 1. The highest BCUT2D eigenvalue weighted by Crippen LogP contribution is 2.23. The minimum absolute atomic E-state index is 0.0529. The molecule has 0 radical (unpaired) electrons. The Morgan fingerprint density at radius 3 is 2.33 bits per heavy atom. The van der Waals surface area contributed by atoms with Crippen molar-refractivity contribution in [1.29, 1.82) is 5.26 Å². The molecule has 6 heteroatoms. The number of hydrogen-bond acceptors (Lipinski definition) is 3. The number of nitrogens with zero attached hydrogens (tertiary/aromatic N) is 2. The van der Waals surface area contributed by atoms with Gasteiger partial charge in [0.1, 0.15) is 0 Å². The first-order valence-corrected chi connectivity index (χ1v) is 3.76. The summed E-state index contributed by atoms with van der Waals surface area (Å²) < 4.78 is 26.0. The molecule has 0 aliphatic rings. The third-order valence-corrected chi connectivity index (χ3v) is 1.57. The molecular formula is C9H4F2N2O2. The van der Waals surface area contributed by atoms with Crippen molar-refractivity contribution in [2.45, 2.75) is 0 Å². The summed E-state index contributed by atoms with van der Waals surface area (Å²) in [6.07, 6.45) is 2.16. The van der Waals surface area contributed by atoms with E-state index in [1.165, 1.54) is 0 Å². The van der Waals surface area contributed by atoms with E-state index in [1.54, 1.807) is 6.07 Å². The summed E-state index contributed by atoms with van der Waals surface area (Å²) in [5.74, 6) is -2.53. The third kappa shape index (κ3) is 2.34. The average molecular weight is 210 g/mol. The Labute approximate surface area is 83.2 Å². The zero-order valence-electron chi connectivity index (χ0n) is 7.28. The van der Waals surface area contributed by atoms with Crippen LogP contribution in [0.1, 0.15) is 5.56 Å². The SMILES string of the molecule is N#CC=Cc1cc(F)c([N+](=O)[O-])c(F)c1. The second-order valence-electron chi connectivity index (χ2n) is 2.55. The summed E-state index contributed by atoms with van der Waals surface area (Å²) in [6, 6.07) is 3.21. The largest absolute Gasteiger partial charge is 0.340 e. The van der Waals surface area contributed by atoms with E-state index < -0.39 is 22.2 Å². The van der Waals surface area contributed by atoms with Crippen LogP contribution in [-0.2, 0) is 0 Å². The molecule has 15 heavy (non-hydrogen) atoms. The Morgan fingerprint density at radius 1 is 1.40 bits per heavy atom. The van der Waals surface area contributed by atoms with E-state index in [9.17, 15) is 18.9 Å². The summed E-state index contributed by atoms with van der Waals surface area (Å²) in [4.78, 5) is 9.09. The average Bonchev–Trinajstić information content (AvgIpc) is 2.12. The molecule has 1 aromatic rings. The standard InChI is InChI=1S/C9H4F2N2O2/c10-7-4-6(2-1-3-12)5-8(11)9(7)13(14)15/h1-2,4-5H. The van der Waals surface area contributed by atoms with E-state index >= 15 is 0 Å². The molecule has 0 heterocycles. The number of nitro groups is 1. The quantitative estimate of drug-likeness (QED) is 0.427. The van der Waals surface area contributed by atoms with Crippen LogP contribution in [0.15, 0.2) is 18.2 Å². The molecular weight excluding hydrogens is 206 g/mol. The predicted octanol–water partition coefficient (Wildman–Crippen LogP) is 2.41. The molecule has 0 spiro atoms. The lowest BCUT2D eigenvalue weighted by Crippen LogP contribution is -1.97. The Morgan fingerprint density at radius 2 is 1.93 bits per heavy atom. The number of allylic oxidation sites excluding steroid dienone is 1. The molecule has 0 aromatic heterocycles. The lowest BCUT2D eigenvalue weighted by atomic mass is 10.2. The van der Waals surface area contributed by atoms with E-state index in [0.29, 0.717) is 0 Å². The van der Waals surface area contributed by atoms with Gasteiger partial charge < -0.3 is 0 Å². The van der Waals surface area contributed by atoms with Crippen molar-refractivity contribution in [2.24, 2.45) is 0 Å². The highest BCUT2D eigenvalue weighted by molar-refractivity contribution is 5.54. The van der Waals surface area contributed by atoms with Gasteiger partial charge in [-0.2, -0.15) is 14.0 Å². The third-order valence-electron chi connectivity index (χ3n) is 1.57. The maximum Gasteiger partial charge on any atom is 0.340 e. The van der Waals surface area contributed by atoms with Crippen LogP contribution in [0.4, 0.5) is 14.5 Å². The molecule has 0 atom stereocenters. The maximum absolute atomic E-state index is 13.0. The molecule has 0 saturated heterocycles. The molecule has 0 amide bonds. The normalized spacial score (nSPS) is 10.2. The summed E-state index contributed by atoms with van der Waals surface area (Å²) in [7, 11) is 0. The molecule has 0 aliphatic heterocycles. The van der Waals surface area contributed by atoms with Gasteiger partial charge in [-0.1, -0.05) is 0 Å². The maximum atomic E-state index is 13.0. The minimum atomic E-state index is -1.27. The summed E-state index contributed by atoms with van der Waals surface area (Å²) in [5, 5.41) is 18.4. The number of rotatable bonds is 2. The Kier molecular flexibility index (Phi) is 3.08. The van der Waals surface area contributed by atoms with Crippen molar-refractivity contribution in [3.63, 3.8) is 0 Å². The van der Waals surface area contributed by atoms with E-state index in [0.717, 1.165) is 24.3 Å². The molecule has 1 rings (SSSR count). The summed E-state index contributed by atoms with van der Waals surface area (Å²) in [5.41, 5.74) is -1.14. The second-order valence-corrected chi connectivity index (χ2v) is 2.55. The number of hydrogen-bond donors (Lipinski definition) is 0. The fraction of sp³-hybridized carbons (Fsp3) is 0. The highest BCUT2D eigenvalue weighted by Gasteiger charge is 2.21. The Bertz CT molecular complexity index is 454. The smallest absolute Gasteiger partial charge is 0.258 e. The summed E-state index contributed by atoms with van der Waals surface area (Å²) in [6.45, 7) is 0. The molecule has 1 aromatic carbocycles. The van der Waals surface area contributed by atoms with Gasteiger partial charge >= 0.3 is 5.69 Å². The second kappa shape index (κ2) is 4.28. The Hall–Kier alpha value is -2.29. The fourth-order valence-corrected chi connectivity index (χ4v) is 0.989.